The molecule has 18 heavy (non-hydrogen) atoms. The molecule has 1 aromatic heterocycles. The van der Waals surface area contributed by atoms with Gasteiger partial charge in [0.25, 0.3) is 0 Å². The Bertz CT molecular complexity index is 342. The number of furan rings is 1. The maximum Gasteiger partial charge on any atom is 0.104 e. The molecule has 0 saturated heterocycles. The van der Waals surface area contributed by atoms with Crippen LogP contribution >= 0.6 is 0 Å². The second-order valence-corrected chi connectivity index (χ2v) is 5.48. The first-order chi connectivity index (χ1) is 8.79. The number of hydrogen-bond donors (Lipinski definition) is 2. The molecule has 1 aromatic rings. The highest BCUT2D eigenvalue weighted by atomic mass is 16.3. The van der Waals surface area contributed by atoms with E-state index >= 15 is 0 Å². The fourth-order valence-corrected chi connectivity index (χ4v) is 2.85. The van der Waals surface area contributed by atoms with Crippen molar-refractivity contribution in [3.63, 3.8) is 0 Å². The van der Waals surface area contributed by atoms with E-state index in [1.807, 2.05) is 6.07 Å². The van der Waals surface area contributed by atoms with E-state index in [9.17, 15) is 5.11 Å². The Morgan fingerprint density at radius 1 is 1.33 bits per heavy atom. The lowest BCUT2D eigenvalue weighted by molar-refractivity contribution is 0.169. The molecular formula is C15H25NO2. The largest absolute Gasteiger partial charge is 0.469 e. The lowest BCUT2D eigenvalue weighted by atomic mass is 9.86. The van der Waals surface area contributed by atoms with Crippen molar-refractivity contribution in [1.82, 2.24) is 0 Å². The van der Waals surface area contributed by atoms with Crippen molar-refractivity contribution in [3.05, 3.63) is 23.7 Å². The zero-order chi connectivity index (χ0) is 12.8. The maximum atomic E-state index is 9.81. The van der Waals surface area contributed by atoms with Crippen LogP contribution in [0.1, 0.15) is 62.4 Å². The number of aliphatic hydroxyl groups excluding tert-OH is 1. The minimum atomic E-state index is -0.470. The fraction of sp³-hybridized carbons (Fsp3) is 0.733. The summed E-state index contributed by atoms with van der Waals surface area (Å²) in [5, 5.41) is 9.81. The van der Waals surface area contributed by atoms with Crippen molar-refractivity contribution in [2.24, 2.45) is 11.7 Å². The van der Waals surface area contributed by atoms with Crippen LogP contribution in [0.5, 0.6) is 0 Å². The molecule has 1 atom stereocenters. The Balaban J connectivity index is 1.79. The molecule has 3 heteroatoms. The van der Waals surface area contributed by atoms with Gasteiger partial charge in [-0.2, -0.15) is 0 Å². The highest BCUT2D eigenvalue weighted by Crippen LogP contribution is 2.28. The first-order valence-corrected chi connectivity index (χ1v) is 7.25. The van der Waals surface area contributed by atoms with Gasteiger partial charge in [0, 0.05) is 12.0 Å². The molecule has 0 amide bonds. The topological polar surface area (TPSA) is 59.4 Å². The normalized spacial score (nSPS) is 19.0. The summed E-state index contributed by atoms with van der Waals surface area (Å²) in [6.45, 7) is 0.504. The summed E-state index contributed by atoms with van der Waals surface area (Å²) in [6.07, 6.45) is 11.0. The van der Waals surface area contributed by atoms with Crippen LogP contribution in [0, 0.1) is 5.92 Å². The van der Waals surface area contributed by atoms with Gasteiger partial charge >= 0.3 is 0 Å². The van der Waals surface area contributed by atoms with E-state index in [2.05, 4.69) is 0 Å². The molecular weight excluding hydrogens is 226 g/mol. The Morgan fingerprint density at radius 2 is 2.11 bits per heavy atom. The first kappa shape index (κ1) is 13.6. The highest BCUT2D eigenvalue weighted by molar-refractivity contribution is 5.15. The average Bonchev–Trinajstić information content (AvgIpc) is 2.87. The molecule has 1 heterocycles. The van der Waals surface area contributed by atoms with Crippen LogP contribution in [0.2, 0.25) is 0 Å². The summed E-state index contributed by atoms with van der Waals surface area (Å²) in [5.74, 6) is 1.88. The van der Waals surface area contributed by atoms with Crippen LogP contribution in [0.3, 0.4) is 0 Å². The quantitative estimate of drug-likeness (QED) is 0.816. The SMILES string of the molecule is NCCC(O)c1coc(CCC2CCCCC2)c1. The molecule has 2 rings (SSSR count). The third kappa shape index (κ3) is 3.85. The van der Waals surface area contributed by atoms with Gasteiger partial charge in [0.1, 0.15) is 5.76 Å². The van der Waals surface area contributed by atoms with Crippen molar-refractivity contribution in [2.75, 3.05) is 6.54 Å². The molecule has 1 unspecified atom stereocenters. The van der Waals surface area contributed by atoms with Gasteiger partial charge in [0.2, 0.25) is 0 Å². The molecule has 3 N–H and O–H groups in total. The predicted molar refractivity (Wildman–Crippen MR) is 72.2 cm³/mol. The molecule has 0 bridgehead atoms. The molecule has 1 aliphatic rings. The average molecular weight is 251 g/mol. The highest BCUT2D eigenvalue weighted by Gasteiger charge is 2.15. The van der Waals surface area contributed by atoms with Crippen molar-refractivity contribution in [2.45, 2.75) is 57.5 Å². The Kier molecular flexibility index (Phi) is 5.26. The van der Waals surface area contributed by atoms with Gasteiger partial charge < -0.3 is 15.3 Å². The van der Waals surface area contributed by atoms with Crippen molar-refractivity contribution < 1.29 is 9.52 Å². The minimum Gasteiger partial charge on any atom is -0.469 e. The van der Waals surface area contributed by atoms with Crippen LogP contribution in [0.25, 0.3) is 0 Å². The van der Waals surface area contributed by atoms with Gasteiger partial charge in [-0.25, -0.2) is 0 Å². The van der Waals surface area contributed by atoms with E-state index in [0.29, 0.717) is 13.0 Å². The smallest absolute Gasteiger partial charge is 0.104 e. The summed E-state index contributed by atoms with van der Waals surface area (Å²) in [4.78, 5) is 0. The van der Waals surface area contributed by atoms with E-state index in [1.54, 1.807) is 6.26 Å². The molecule has 0 radical (unpaired) electrons. The number of rotatable bonds is 6. The van der Waals surface area contributed by atoms with E-state index in [0.717, 1.165) is 23.7 Å². The summed E-state index contributed by atoms with van der Waals surface area (Å²) in [7, 11) is 0. The van der Waals surface area contributed by atoms with E-state index in [-0.39, 0.29) is 0 Å². The standard InChI is InChI=1S/C15H25NO2/c16-9-8-15(17)13-10-14(18-11-13)7-6-12-4-2-1-3-5-12/h10-12,15,17H,1-9,16H2. The van der Waals surface area contributed by atoms with Crippen LogP contribution in [0.15, 0.2) is 16.7 Å². The molecule has 102 valence electrons. The Morgan fingerprint density at radius 3 is 2.83 bits per heavy atom. The van der Waals surface area contributed by atoms with Gasteiger partial charge in [-0.15, -0.1) is 0 Å². The number of nitrogens with two attached hydrogens (primary N) is 1. The van der Waals surface area contributed by atoms with Crippen LogP contribution in [0.4, 0.5) is 0 Å². The number of aryl methyl sites for hydroxylation is 1. The maximum absolute atomic E-state index is 9.81. The van der Waals surface area contributed by atoms with Crippen molar-refractivity contribution >= 4 is 0 Å². The van der Waals surface area contributed by atoms with Crippen LogP contribution in [-0.2, 0) is 6.42 Å². The summed E-state index contributed by atoms with van der Waals surface area (Å²) < 4.78 is 5.52. The second-order valence-electron chi connectivity index (χ2n) is 5.48. The predicted octanol–water partition coefficient (Wildman–Crippen LogP) is 3.17. The van der Waals surface area contributed by atoms with Gasteiger partial charge in [-0.05, 0) is 31.4 Å². The Hall–Kier alpha value is -0.800. The number of aliphatic hydroxyl groups is 1. The molecule has 1 aliphatic carbocycles. The van der Waals surface area contributed by atoms with Crippen LogP contribution in [-0.4, -0.2) is 11.7 Å². The minimum absolute atomic E-state index is 0.470. The third-order valence-electron chi connectivity index (χ3n) is 4.02. The van der Waals surface area contributed by atoms with Crippen molar-refractivity contribution in [3.8, 4) is 0 Å². The summed E-state index contributed by atoms with van der Waals surface area (Å²) >= 11 is 0. The van der Waals surface area contributed by atoms with Gasteiger partial charge in [0.15, 0.2) is 0 Å². The third-order valence-corrected chi connectivity index (χ3v) is 4.02. The van der Waals surface area contributed by atoms with Gasteiger partial charge in [0.05, 0.1) is 12.4 Å². The van der Waals surface area contributed by atoms with Gasteiger partial charge in [-0.3, -0.25) is 0 Å². The van der Waals surface area contributed by atoms with E-state index in [4.69, 9.17) is 10.2 Å². The monoisotopic (exact) mass is 251 g/mol. The van der Waals surface area contributed by atoms with Crippen LogP contribution < -0.4 is 5.73 Å². The molecule has 0 aromatic carbocycles. The molecule has 3 nitrogen and oxygen atoms in total. The van der Waals surface area contributed by atoms with Gasteiger partial charge in [-0.1, -0.05) is 32.1 Å². The molecule has 1 saturated carbocycles. The number of hydrogen-bond acceptors (Lipinski definition) is 3. The van der Waals surface area contributed by atoms with E-state index in [1.165, 1.54) is 38.5 Å². The lowest BCUT2D eigenvalue weighted by Crippen LogP contribution is -2.07. The zero-order valence-electron chi connectivity index (χ0n) is 11.1. The zero-order valence-corrected chi connectivity index (χ0v) is 11.1. The second kappa shape index (κ2) is 6.95. The Labute approximate surface area is 109 Å². The summed E-state index contributed by atoms with van der Waals surface area (Å²) in [5.41, 5.74) is 6.31. The summed E-state index contributed by atoms with van der Waals surface area (Å²) in [6, 6.07) is 1.99. The first-order valence-electron chi connectivity index (χ1n) is 7.25. The lowest BCUT2D eigenvalue weighted by Gasteiger charge is -2.20. The molecule has 0 spiro atoms. The molecule has 0 aliphatic heterocycles. The fourth-order valence-electron chi connectivity index (χ4n) is 2.85. The van der Waals surface area contributed by atoms with E-state index < -0.39 is 6.10 Å². The molecule has 1 fully saturated rings. The van der Waals surface area contributed by atoms with Crippen molar-refractivity contribution in [1.29, 1.82) is 0 Å².